The minimum Gasteiger partial charge on any atom is -0.477 e. The molecule has 8 nitrogen and oxygen atoms in total. The second-order valence-electron chi connectivity index (χ2n) is 17.0. The van der Waals surface area contributed by atoms with E-state index in [2.05, 4.69) is 160 Å². The van der Waals surface area contributed by atoms with Crippen LogP contribution in [0.15, 0.2) is 146 Å². The average molecular weight is 913 g/mol. The topological polar surface area (TPSA) is 99.1 Å². The normalized spacial score (nSPS) is 14.1. The SMILES string of the molecule is CC/C=C/C/C=C/C/C=C/C/C=C/C/C=C/C/C=C/C/C=C/CCCC(=O)OCC(COCCC(C(=O)O)[N+](C)(C)C)OC(=O)CCCCC/C=C/C/C=C/C/C=C/C/C=C/C/C=C/CC. The second kappa shape index (κ2) is 46.7. The van der Waals surface area contributed by atoms with Gasteiger partial charge in [-0.1, -0.05) is 166 Å². The van der Waals surface area contributed by atoms with Gasteiger partial charge in [0.15, 0.2) is 12.1 Å². The van der Waals surface area contributed by atoms with Crippen LogP contribution >= 0.6 is 0 Å². The number of hydrogen-bond acceptors (Lipinski definition) is 6. The third-order valence-corrected chi connectivity index (χ3v) is 9.98. The number of unbranched alkanes of at least 4 members (excludes halogenated alkanes) is 4. The minimum absolute atomic E-state index is 0.0178. The van der Waals surface area contributed by atoms with Crippen LogP contribution in [0, 0.1) is 0 Å². The van der Waals surface area contributed by atoms with Crippen molar-refractivity contribution < 1.29 is 38.2 Å². The fourth-order valence-corrected chi connectivity index (χ4v) is 6.22. The van der Waals surface area contributed by atoms with Crippen molar-refractivity contribution in [2.45, 2.75) is 161 Å². The Hall–Kier alpha value is -4.79. The largest absolute Gasteiger partial charge is 0.477 e. The zero-order valence-electron chi connectivity index (χ0n) is 41.8. The van der Waals surface area contributed by atoms with E-state index in [1.807, 2.05) is 21.1 Å². The van der Waals surface area contributed by atoms with Crippen molar-refractivity contribution in [3.05, 3.63) is 146 Å². The first-order valence-corrected chi connectivity index (χ1v) is 24.9. The molecule has 2 atom stereocenters. The lowest BCUT2D eigenvalue weighted by Crippen LogP contribution is -2.50. The highest BCUT2D eigenvalue weighted by atomic mass is 16.6. The number of carboxylic acids is 1. The van der Waals surface area contributed by atoms with Crippen molar-refractivity contribution in [1.82, 2.24) is 0 Å². The van der Waals surface area contributed by atoms with Crippen molar-refractivity contribution in [2.24, 2.45) is 0 Å². The molecule has 0 saturated carbocycles. The van der Waals surface area contributed by atoms with Crippen molar-refractivity contribution in [3.8, 4) is 0 Å². The van der Waals surface area contributed by atoms with E-state index in [4.69, 9.17) is 14.2 Å². The standard InChI is InChI=1S/C58H89NO7/c1-6-8-10-12-14-16-18-20-22-24-26-27-28-29-31-32-34-36-38-40-42-44-46-48-56(60)65-53-54(52-64-51-50-55(58(62)63)59(3,4)5)66-57(61)49-47-45-43-41-39-37-35-33-30-25-23-21-19-17-15-13-11-9-7-2/h8-11,14-17,20-23,26-27,29-31,33-34,36-37,39-40,42,54-55H,6-7,12-13,18-19,24-25,28,32,35,38,41,43-53H2,1-5H3/p+1/b10-8+,11-9+,16-14+,17-15+,22-20+,23-21+,27-26+,31-29+,33-30+,36-34+,39-37+,42-40+. The second-order valence-corrected chi connectivity index (χ2v) is 17.0. The highest BCUT2D eigenvalue weighted by Gasteiger charge is 2.31. The molecule has 0 amide bonds. The van der Waals surface area contributed by atoms with Gasteiger partial charge < -0.3 is 23.8 Å². The Morgan fingerprint density at radius 2 is 0.818 bits per heavy atom. The third-order valence-electron chi connectivity index (χ3n) is 9.98. The Morgan fingerprint density at radius 3 is 1.20 bits per heavy atom. The summed E-state index contributed by atoms with van der Waals surface area (Å²) >= 11 is 0. The van der Waals surface area contributed by atoms with Crippen LogP contribution in [0.4, 0.5) is 0 Å². The zero-order chi connectivity index (χ0) is 48.4. The molecule has 0 aliphatic carbocycles. The summed E-state index contributed by atoms with van der Waals surface area (Å²) in [6.07, 6.45) is 69.1. The van der Waals surface area contributed by atoms with Gasteiger partial charge in [0.2, 0.25) is 0 Å². The smallest absolute Gasteiger partial charge is 0.362 e. The van der Waals surface area contributed by atoms with Gasteiger partial charge in [0, 0.05) is 19.3 Å². The van der Waals surface area contributed by atoms with Gasteiger partial charge >= 0.3 is 17.9 Å². The number of carboxylic acid groups (broad SMARTS) is 1. The fourth-order valence-electron chi connectivity index (χ4n) is 6.22. The van der Waals surface area contributed by atoms with E-state index in [0.29, 0.717) is 19.3 Å². The number of aliphatic carboxylic acids is 1. The van der Waals surface area contributed by atoms with Gasteiger partial charge in [-0.25, -0.2) is 4.79 Å². The van der Waals surface area contributed by atoms with E-state index in [1.54, 1.807) is 0 Å². The summed E-state index contributed by atoms with van der Waals surface area (Å²) in [5, 5.41) is 9.65. The maximum Gasteiger partial charge on any atom is 0.362 e. The molecule has 0 bridgehead atoms. The molecule has 0 aliphatic heterocycles. The number of nitrogens with zero attached hydrogens (tertiary/aromatic N) is 1. The number of allylic oxidation sites excluding steroid dienone is 24. The molecule has 0 spiro atoms. The van der Waals surface area contributed by atoms with Crippen LogP contribution in [-0.4, -0.2) is 80.6 Å². The number of esters is 2. The third kappa shape index (κ3) is 44.4. The van der Waals surface area contributed by atoms with Gasteiger partial charge in [-0.15, -0.1) is 0 Å². The summed E-state index contributed by atoms with van der Waals surface area (Å²) in [6.45, 7) is 4.38. The number of rotatable bonds is 42. The maximum absolute atomic E-state index is 12.8. The van der Waals surface area contributed by atoms with Crippen LogP contribution in [0.2, 0.25) is 0 Å². The summed E-state index contributed by atoms with van der Waals surface area (Å²) < 4.78 is 17.2. The summed E-state index contributed by atoms with van der Waals surface area (Å²) in [6, 6.07) is -0.641. The van der Waals surface area contributed by atoms with Gasteiger partial charge in [-0.3, -0.25) is 9.59 Å². The predicted octanol–water partition coefficient (Wildman–Crippen LogP) is 14.5. The van der Waals surface area contributed by atoms with Gasteiger partial charge in [-0.05, 0) is 109 Å². The molecule has 0 fully saturated rings. The van der Waals surface area contributed by atoms with E-state index < -0.39 is 18.1 Å². The molecular formula is C58H90NO7+. The lowest BCUT2D eigenvalue weighted by molar-refractivity contribution is -0.887. The van der Waals surface area contributed by atoms with E-state index >= 15 is 0 Å². The molecule has 8 heteroatoms. The minimum atomic E-state index is -0.895. The predicted molar refractivity (Wildman–Crippen MR) is 279 cm³/mol. The number of ether oxygens (including phenoxy) is 3. The van der Waals surface area contributed by atoms with Crippen LogP contribution in [-0.2, 0) is 28.6 Å². The lowest BCUT2D eigenvalue weighted by Gasteiger charge is -2.31. The van der Waals surface area contributed by atoms with E-state index in [9.17, 15) is 19.5 Å². The molecule has 0 heterocycles. The number of carbonyl (C=O) groups excluding carboxylic acids is 2. The van der Waals surface area contributed by atoms with E-state index in [1.165, 1.54) is 0 Å². The molecule has 66 heavy (non-hydrogen) atoms. The first-order chi connectivity index (χ1) is 32.1. The lowest BCUT2D eigenvalue weighted by atomic mass is 10.1. The Balaban J connectivity index is 4.48. The van der Waals surface area contributed by atoms with Crippen LogP contribution in [0.5, 0.6) is 0 Å². The van der Waals surface area contributed by atoms with Crippen molar-refractivity contribution in [2.75, 3.05) is 41.0 Å². The number of carbonyl (C=O) groups is 3. The molecular weight excluding hydrogens is 823 g/mol. The fraction of sp³-hybridized carbons (Fsp3) is 0.534. The quantitative estimate of drug-likeness (QED) is 0.0282. The summed E-state index contributed by atoms with van der Waals surface area (Å²) in [4.78, 5) is 37.1. The van der Waals surface area contributed by atoms with Gasteiger partial charge in [-0.2, -0.15) is 0 Å². The molecule has 0 radical (unpaired) electrons. The molecule has 1 N–H and O–H groups in total. The number of likely N-dealkylation sites (N-methyl/N-ethyl adjacent to an activating group) is 1. The van der Waals surface area contributed by atoms with Crippen molar-refractivity contribution in [1.29, 1.82) is 0 Å². The zero-order valence-corrected chi connectivity index (χ0v) is 41.8. The Bertz CT molecular complexity index is 1580. The van der Waals surface area contributed by atoms with Crippen LogP contribution in [0.3, 0.4) is 0 Å². The van der Waals surface area contributed by atoms with Crippen LogP contribution in [0.1, 0.15) is 149 Å². The van der Waals surface area contributed by atoms with Crippen molar-refractivity contribution in [3.63, 3.8) is 0 Å². The number of hydrogen-bond donors (Lipinski definition) is 1. The molecule has 2 unspecified atom stereocenters. The molecule has 0 aliphatic rings. The molecule has 0 aromatic carbocycles. The van der Waals surface area contributed by atoms with E-state index in [-0.39, 0.29) is 49.1 Å². The first kappa shape index (κ1) is 61.2. The monoisotopic (exact) mass is 913 g/mol. The number of quaternary nitrogens is 1. The molecule has 0 rings (SSSR count). The Kier molecular flexibility index (Phi) is 43.3. The molecule has 368 valence electrons. The summed E-state index contributed by atoms with van der Waals surface area (Å²) in [5.41, 5.74) is 0. The Morgan fingerprint density at radius 1 is 0.455 bits per heavy atom. The van der Waals surface area contributed by atoms with Gasteiger partial charge in [0.1, 0.15) is 6.61 Å². The van der Waals surface area contributed by atoms with Crippen LogP contribution in [0.25, 0.3) is 0 Å². The van der Waals surface area contributed by atoms with Gasteiger partial charge in [0.25, 0.3) is 0 Å². The molecule has 0 saturated heterocycles. The molecule has 0 aromatic rings. The summed E-state index contributed by atoms with van der Waals surface area (Å²) in [7, 11) is 5.48. The van der Waals surface area contributed by atoms with Gasteiger partial charge in [0.05, 0.1) is 34.4 Å². The van der Waals surface area contributed by atoms with Crippen molar-refractivity contribution >= 4 is 17.9 Å². The first-order valence-electron chi connectivity index (χ1n) is 24.9. The maximum atomic E-state index is 12.8. The highest BCUT2D eigenvalue weighted by Crippen LogP contribution is 2.11. The highest BCUT2D eigenvalue weighted by molar-refractivity contribution is 5.72. The summed E-state index contributed by atoms with van der Waals surface area (Å²) in [5.74, 6) is -1.61. The Labute approximate surface area is 402 Å². The van der Waals surface area contributed by atoms with Crippen LogP contribution < -0.4 is 0 Å². The van der Waals surface area contributed by atoms with E-state index in [0.717, 1.165) is 103 Å². The average Bonchev–Trinajstić information content (AvgIpc) is 3.28. The molecule has 0 aromatic heterocycles.